The van der Waals surface area contributed by atoms with Crippen LogP contribution in [0.3, 0.4) is 0 Å². The average molecular weight is 373 g/mol. The number of hydrogen-bond donors (Lipinski definition) is 2. The largest absolute Gasteiger partial charge is 0.361 e. The van der Waals surface area contributed by atoms with Gasteiger partial charge >= 0.3 is 0 Å². The van der Waals surface area contributed by atoms with Crippen LogP contribution >= 0.6 is 0 Å². The van der Waals surface area contributed by atoms with Crippen LogP contribution in [0, 0.1) is 11.8 Å². The lowest BCUT2D eigenvalue weighted by molar-refractivity contribution is -0.126. The Morgan fingerprint density at radius 2 is 1.89 bits per heavy atom. The Kier molecular flexibility index (Phi) is 4.15. The molecular formula is C23H23N3O2. The lowest BCUT2D eigenvalue weighted by atomic mass is 10.1. The third kappa shape index (κ3) is 2.97. The molecule has 2 N–H and O–H groups in total. The molecule has 1 aromatic heterocycles. The van der Waals surface area contributed by atoms with Gasteiger partial charge in [0.2, 0.25) is 11.8 Å². The van der Waals surface area contributed by atoms with E-state index in [-0.39, 0.29) is 23.7 Å². The van der Waals surface area contributed by atoms with Crippen molar-refractivity contribution in [2.45, 2.75) is 19.3 Å². The van der Waals surface area contributed by atoms with Gasteiger partial charge in [-0.1, -0.05) is 36.4 Å². The summed E-state index contributed by atoms with van der Waals surface area (Å²) in [7, 11) is 0. The smallest absolute Gasteiger partial charge is 0.230 e. The van der Waals surface area contributed by atoms with Crippen molar-refractivity contribution in [3.63, 3.8) is 0 Å². The minimum Gasteiger partial charge on any atom is -0.361 e. The van der Waals surface area contributed by atoms with E-state index in [2.05, 4.69) is 22.4 Å². The van der Waals surface area contributed by atoms with Crippen molar-refractivity contribution in [3.05, 3.63) is 65.9 Å². The molecule has 2 heterocycles. The highest BCUT2D eigenvalue weighted by atomic mass is 16.2. The van der Waals surface area contributed by atoms with Gasteiger partial charge < -0.3 is 15.2 Å². The lowest BCUT2D eigenvalue weighted by Gasteiger charge is -2.17. The molecule has 3 aromatic rings. The Labute approximate surface area is 163 Å². The first-order valence-electron chi connectivity index (χ1n) is 9.94. The second-order valence-corrected chi connectivity index (χ2v) is 7.72. The van der Waals surface area contributed by atoms with Crippen molar-refractivity contribution in [1.82, 2.24) is 10.3 Å². The third-order valence-corrected chi connectivity index (χ3v) is 5.97. The molecule has 0 spiro atoms. The van der Waals surface area contributed by atoms with Crippen LogP contribution < -0.4 is 10.2 Å². The molecule has 2 atom stereocenters. The Morgan fingerprint density at radius 1 is 1.07 bits per heavy atom. The zero-order chi connectivity index (χ0) is 19.1. The molecular weight excluding hydrogens is 350 g/mol. The van der Waals surface area contributed by atoms with Crippen LogP contribution in [0.25, 0.3) is 10.9 Å². The maximum Gasteiger partial charge on any atom is 0.230 e. The standard InChI is InChI=1S/C23H23N3O2/c27-22(24-11-9-16-14-25-20-7-3-2-6-17(16)20)18-13-19(18)23(28)26-12-10-15-5-1-4-8-21(15)26/h1-8,14,18-19,25H,9-13H2,(H,24,27). The Morgan fingerprint density at radius 3 is 2.82 bits per heavy atom. The van der Waals surface area contributed by atoms with Crippen LogP contribution in [0.15, 0.2) is 54.7 Å². The van der Waals surface area contributed by atoms with Gasteiger partial charge in [-0.3, -0.25) is 9.59 Å². The van der Waals surface area contributed by atoms with E-state index in [4.69, 9.17) is 0 Å². The van der Waals surface area contributed by atoms with E-state index in [9.17, 15) is 9.59 Å². The summed E-state index contributed by atoms with van der Waals surface area (Å²) in [5, 5.41) is 4.22. The first-order valence-corrected chi connectivity index (χ1v) is 9.94. The van der Waals surface area contributed by atoms with Crippen LogP contribution in [-0.2, 0) is 22.4 Å². The molecule has 142 valence electrons. The summed E-state index contributed by atoms with van der Waals surface area (Å²) in [5.41, 5.74) is 4.55. The van der Waals surface area contributed by atoms with E-state index in [1.165, 1.54) is 16.5 Å². The van der Waals surface area contributed by atoms with Gasteiger partial charge in [0.25, 0.3) is 0 Å². The van der Waals surface area contributed by atoms with Gasteiger partial charge in [-0.15, -0.1) is 0 Å². The lowest BCUT2D eigenvalue weighted by Crippen LogP contribution is -2.33. The van der Waals surface area contributed by atoms with Gasteiger partial charge in [0.15, 0.2) is 0 Å². The number of nitrogens with zero attached hydrogens (tertiary/aromatic N) is 1. The molecule has 0 radical (unpaired) electrons. The third-order valence-electron chi connectivity index (χ3n) is 5.97. The Hall–Kier alpha value is -3.08. The monoisotopic (exact) mass is 373 g/mol. The highest BCUT2D eigenvalue weighted by Crippen LogP contribution is 2.42. The number of para-hydroxylation sites is 2. The second-order valence-electron chi connectivity index (χ2n) is 7.72. The SMILES string of the molecule is O=C(NCCc1c[nH]c2ccccc12)C1CC1C(=O)N1CCc2ccccc21. The number of nitrogens with one attached hydrogen (secondary N) is 2. The number of rotatable bonds is 5. The predicted octanol–water partition coefficient (Wildman–Crippen LogP) is 3.05. The predicted molar refractivity (Wildman–Crippen MR) is 109 cm³/mol. The number of hydrogen-bond acceptors (Lipinski definition) is 2. The molecule has 1 saturated carbocycles. The Bertz CT molecular complexity index is 1050. The fourth-order valence-electron chi connectivity index (χ4n) is 4.31. The van der Waals surface area contributed by atoms with Crippen molar-refractivity contribution in [2.75, 3.05) is 18.0 Å². The van der Waals surface area contributed by atoms with Crippen molar-refractivity contribution in [3.8, 4) is 0 Å². The molecule has 2 amide bonds. The number of aromatic amines is 1. The number of H-pyrrole nitrogens is 1. The summed E-state index contributed by atoms with van der Waals surface area (Å²) in [6.45, 7) is 1.31. The molecule has 2 aromatic carbocycles. The topological polar surface area (TPSA) is 65.2 Å². The molecule has 5 rings (SSSR count). The van der Waals surface area contributed by atoms with Crippen molar-refractivity contribution in [2.24, 2.45) is 11.8 Å². The molecule has 5 nitrogen and oxygen atoms in total. The van der Waals surface area contributed by atoms with Gasteiger partial charge in [-0.2, -0.15) is 0 Å². The van der Waals surface area contributed by atoms with Gasteiger partial charge in [0, 0.05) is 35.9 Å². The molecule has 0 bridgehead atoms. The quantitative estimate of drug-likeness (QED) is 0.722. The average Bonchev–Trinajstić information content (AvgIpc) is 3.25. The van der Waals surface area contributed by atoms with Gasteiger partial charge in [0.1, 0.15) is 0 Å². The van der Waals surface area contributed by atoms with E-state index in [1.807, 2.05) is 47.5 Å². The summed E-state index contributed by atoms with van der Waals surface area (Å²) >= 11 is 0. The molecule has 1 fully saturated rings. The number of carbonyl (C=O) groups excluding carboxylic acids is 2. The minimum atomic E-state index is -0.178. The summed E-state index contributed by atoms with van der Waals surface area (Å²) in [6.07, 6.45) is 4.35. The van der Waals surface area contributed by atoms with E-state index in [0.29, 0.717) is 13.0 Å². The number of amides is 2. The molecule has 2 unspecified atom stereocenters. The van der Waals surface area contributed by atoms with E-state index < -0.39 is 0 Å². The van der Waals surface area contributed by atoms with Gasteiger partial charge in [-0.05, 0) is 42.5 Å². The molecule has 1 aliphatic carbocycles. The van der Waals surface area contributed by atoms with Crippen LogP contribution in [-0.4, -0.2) is 29.9 Å². The highest BCUT2D eigenvalue weighted by molar-refractivity contribution is 6.02. The number of fused-ring (bicyclic) bond motifs is 2. The highest BCUT2D eigenvalue weighted by Gasteiger charge is 2.50. The summed E-state index contributed by atoms with van der Waals surface area (Å²) in [5.74, 6) is -0.241. The zero-order valence-corrected chi connectivity index (χ0v) is 15.7. The first-order chi connectivity index (χ1) is 13.7. The number of carbonyl (C=O) groups is 2. The maximum absolute atomic E-state index is 12.8. The molecule has 2 aliphatic rings. The fourth-order valence-corrected chi connectivity index (χ4v) is 4.31. The second kappa shape index (κ2) is 6.82. The number of benzene rings is 2. The van der Waals surface area contributed by atoms with Gasteiger partial charge in [0.05, 0.1) is 11.8 Å². The van der Waals surface area contributed by atoms with Crippen LogP contribution in [0.4, 0.5) is 5.69 Å². The first kappa shape index (κ1) is 17.0. The van der Waals surface area contributed by atoms with Crippen LogP contribution in [0.2, 0.25) is 0 Å². The zero-order valence-electron chi connectivity index (χ0n) is 15.7. The van der Waals surface area contributed by atoms with Crippen LogP contribution in [0.1, 0.15) is 17.5 Å². The fraction of sp³-hybridized carbons (Fsp3) is 0.304. The van der Waals surface area contributed by atoms with Crippen molar-refractivity contribution in [1.29, 1.82) is 0 Å². The summed E-state index contributed by atoms with van der Waals surface area (Å²) < 4.78 is 0. The van der Waals surface area contributed by atoms with Crippen molar-refractivity contribution >= 4 is 28.4 Å². The van der Waals surface area contributed by atoms with E-state index in [0.717, 1.165) is 30.6 Å². The van der Waals surface area contributed by atoms with Crippen LogP contribution in [0.5, 0.6) is 0 Å². The van der Waals surface area contributed by atoms with Crippen molar-refractivity contribution < 1.29 is 9.59 Å². The normalized spacial score (nSPS) is 20.2. The minimum absolute atomic E-state index is 0.00525. The number of aromatic nitrogens is 1. The Balaban J connectivity index is 1.15. The maximum atomic E-state index is 12.8. The number of anilines is 1. The van der Waals surface area contributed by atoms with E-state index >= 15 is 0 Å². The summed E-state index contributed by atoms with van der Waals surface area (Å²) in [6, 6.07) is 16.2. The molecule has 0 saturated heterocycles. The summed E-state index contributed by atoms with van der Waals surface area (Å²) in [4.78, 5) is 30.4. The molecule has 1 aliphatic heterocycles. The molecule has 5 heteroatoms. The van der Waals surface area contributed by atoms with Gasteiger partial charge in [-0.25, -0.2) is 0 Å². The van der Waals surface area contributed by atoms with E-state index in [1.54, 1.807) is 0 Å². The molecule has 28 heavy (non-hydrogen) atoms.